The van der Waals surface area contributed by atoms with E-state index in [1.54, 1.807) is 12.1 Å². The molecule has 0 saturated carbocycles. The van der Waals surface area contributed by atoms with Crippen LogP contribution in [-0.4, -0.2) is 25.8 Å². The quantitative estimate of drug-likeness (QED) is 0.925. The van der Waals surface area contributed by atoms with Crippen LogP contribution in [0.3, 0.4) is 0 Å². The Bertz CT molecular complexity index is 636. The van der Waals surface area contributed by atoms with Crippen molar-refractivity contribution >= 4 is 5.97 Å². The van der Waals surface area contributed by atoms with Crippen molar-refractivity contribution in [3.8, 4) is 0 Å². The van der Waals surface area contributed by atoms with E-state index in [4.69, 9.17) is 5.11 Å². The summed E-state index contributed by atoms with van der Waals surface area (Å²) in [6, 6.07) is 6.28. The normalized spacial score (nSPS) is 17.8. The van der Waals surface area contributed by atoms with E-state index in [1.807, 2.05) is 4.57 Å². The van der Waals surface area contributed by atoms with Gasteiger partial charge in [0.05, 0.1) is 5.92 Å². The van der Waals surface area contributed by atoms with E-state index in [0.29, 0.717) is 25.8 Å². The highest BCUT2D eigenvalue weighted by Crippen LogP contribution is 2.21. The second-order valence-electron chi connectivity index (χ2n) is 5.02. The van der Waals surface area contributed by atoms with Crippen molar-refractivity contribution < 1.29 is 14.3 Å². The van der Waals surface area contributed by atoms with Crippen LogP contribution < -0.4 is 0 Å². The molecule has 2 heterocycles. The van der Waals surface area contributed by atoms with E-state index in [9.17, 15) is 9.18 Å². The second-order valence-corrected chi connectivity index (χ2v) is 5.02. The van der Waals surface area contributed by atoms with Crippen LogP contribution in [0.2, 0.25) is 0 Å². The van der Waals surface area contributed by atoms with Crippen molar-refractivity contribution in [1.82, 2.24) is 14.8 Å². The lowest BCUT2D eigenvalue weighted by molar-refractivity contribution is -0.142. The summed E-state index contributed by atoms with van der Waals surface area (Å²) in [7, 11) is 0. The predicted octanol–water partition coefficient (Wildman–Crippen LogP) is 1.66. The number of carbonyl (C=O) groups is 1. The molecule has 1 N–H and O–H groups in total. The van der Waals surface area contributed by atoms with Gasteiger partial charge in [-0.25, -0.2) is 4.39 Å². The highest BCUT2D eigenvalue weighted by atomic mass is 19.1. The Kier molecular flexibility index (Phi) is 3.22. The molecule has 0 radical (unpaired) electrons. The van der Waals surface area contributed by atoms with Gasteiger partial charge in [0.25, 0.3) is 0 Å². The minimum atomic E-state index is -0.778. The maximum absolute atomic E-state index is 12.9. The third-order valence-electron chi connectivity index (χ3n) is 3.66. The number of aliphatic carboxylic acids is 1. The molecule has 0 saturated heterocycles. The summed E-state index contributed by atoms with van der Waals surface area (Å²) >= 11 is 0. The maximum atomic E-state index is 12.9. The molecule has 0 aliphatic carbocycles. The molecular weight excluding hydrogens is 261 g/mol. The maximum Gasteiger partial charge on any atom is 0.307 e. The molecule has 0 fully saturated rings. The van der Waals surface area contributed by atoms with E-state index in [-0.39, 0.29) is 11.7 Å². The van der Waals surface area contributed by atoms with Crippen molar-refractivity contribution in [3.05, 3.63) is 47.3 Å². The summed E-state index contributed by atoms with van der Waals surface area (Å²) in [5.41, 5.74) is 0.960. The van der Waals surface area contributed by atoms with Crippen LogP contribution in [0.25, 0.3) is 0 Å². The first-order valence-corrected chi connectivity index (χ1v) is 6.51. The average molecular weight is 275 g/mol. The predicted molar refractivity (Wildman–Crippen MR) is 68.7 cm³/mol. The number of carboxylic acids is 1. The zero-order valence-electron chi connectivity index (χ0n) is 10.8. The zero-order valence-corrected chi connectivity index (χ0v) is 10.8. The Morgan fingerprint density at radius 2 is 2.10 bits per heavy atom. The van der Waals surface area contributed by atoms with Gasteiger partial charge in [0, 0.05) is 19.4 Å². The van der Waals surface area contributed by atoms with Gasteiger partial charge >= 0.3 is 5.97 Å². The highest BCUT2D eigenvalue weighted by Gasteiger charge is 2.27. The fourth-order valence-corrected chi connectivity index (χ4v) is 2.52. The number of halogens is 1. The summed E-state index contributed by atoms with van der Waals surface area (Å²) in [6.45, 7) is 0.621. The van der Waals surface area contributed by atoms with Crippen LogP contribution in [0.5, 0.6) is 0 Å². The molecule has 2 aromatic rings. The number of hydrogen-bond acceptors (Lipinski definition) is 3. The lowest BCUT2D eigenvalue weighted by Crippen LogP contribution is -2.26. The number of benzene rings is 1. The van der Waals surface area contributed by atoms with E-state index in [1.165, 1.54) is 12.1 Å². The van der Waals surface area contributed by atoms with E-state index < -0.39 is 5.97 Å². The number of aromatic nitrogens is 3. The first-order valence-electron chi connectivity index (χ1n) is 6.51. The van der Waals surface area contributed by atoms with E-state index in [2.05, 4.69) is 10.2 Å². The van der Waals surface area contributed by atoms with Crippen LogP contribution in [0.1, 0.15) is 23.6 Å². The molecule has 20 heavy (non-hydrogen) atoms. The minimum absolute atomic E-state index is 0.263. The third kappa shape index (κ3) is 2.41. The zero-order chi connectivity index (χ0) is 14.1. The van der Waals surface area contributed by atoms with Crippen LogP contribution in [0, 0.1) is 11.7 Å². The lowest BCUT2D eigenvalue weighted by Gasteiger charge is -2.20. The first-order chi connectivity index (χ1) is 9.63. The lowest BCUT2D eigenvalue weighted by atomic mass is 9.98. The molecule has 1 aliphatic heterocycles. The fraction of sp³-hybridized carbons (Fsp3) is 0.357. The average Bonchev–Trinajstić information content (AvgIpc) is 2.84. The second kappa shape index (κ2) is 5.03. The number of nitrogens with zero attached hydrogens (tertiary/aromatic N) is 3. The molecule has 1 unspecified atom stereocenters. The van der Waals surface area contributed by atoms with Crippen LogP contribution in [0.4, 0.5) is 4.39 Å². The Balaban J connectivity index is 1.80. The van der Waals surface area contributed by atoms with E-state index >= 15 is 0 Å². The van der Waals surface area contributed by atoms with Crippen LogP contribution in [-0.2, 0) is 24.2 Å². The summed E-state index contributed by atoms with van der Waals surface area (Å²) < 4.78 is 14.8. The summed E-state index contributed by atoms with van der Waals surface area (Å²) in [5, 5.41) is 17.3. The number of hydrogen-bond donors (Lipinski definition) is 1. The van der Waals surface area contributed by atoms with Crippen molar-refractivity contribution in [1.29, 1.82) is 0 Å². The molecule has 1 aromatic carbocycles. The molecule has 1 atom stereocenters. The Morgan fingerprint density at radius 3 is 2.80 bits per heavy atom. The van der Waals surface area contributed by atoms with Gasteiger partial charge in [-0.15, -0.1) is 10.2 Å². The molecule has 104 valence electrons. The smallest absolute Gasteiger partial charge is 0.307 e. The molecule has 0 bridgehead atoms. The highest BCUT2D eigenvalue weighted by molar-refractivity contribution is 5.70. The molecule has 5 nitrogen and oxygen atoms in total. The molecule has 3 rings (SSSR count). The standard InChI is InChI=1S/C14H14FN3O2/c15-11-3-1-9(2-4-11)7-12-16-17-13-8-10(14(19)20)5-6-18(12)13/h1-4,10H,5-8H2,(H,19,20). The first kappa shape index (κ1) is 12.8. The Hall–Kier alpha value is -2.24. The van der Waals surface area contributed by atoms with E-state index in [0.717, 1.165) is 17.2 Å². The van der Waals surface area contributed by atoms with Crippen LogP contribution >= 0.6 is 0 Å². The van der Waals surface area contributed by atoms with Gasteiger partial charge in [-0.05, 0) is 24.1 Å². The summed E-state index contributed by atoms with van der Waals surface area (Å²) in [6.07, 6.45) is 1.59. The fourth-order valence-electron chi connectivity index (χ4n) is 2.52. The number of fused-ring (bicyclic) bond motifs is 1. The van der Waals surface area contributed by atoms with Gasteiger partial charge in [0.15, 0.2) is 0 Å². The molecule has 0 amide bonds. The van der Waals surface area contributed by atoms with Gasteiger partial charge < -0.3 is 9.67 Å². The number of carboxylic acid groups (broad SMARTS) is 1. The van der Waals surface area contributed by atoms with Crippen molar-refractivity contribution in [2.75, 3.05) is 0 Å². The van der Waals surface area contributed by atoms with Crippen molar-refractivity contribution in [3.63, 3.8) is 0 Å². The molecule has 1 aliphatic rings. The Morgan fingerprint density at radius 1 is 1.35 bits per heavy atom. The van der Waals surface area contributed by atoms with Gasteiger partial charge in [-0.2, -0.15) is 0 Å². The van der Waals surface area contributed by atoms with Gasteiger partial charge in [0.2, 0.25) is 0 Å². The van der Waals surface area contributed by atoms with Crippen molar-refractivity contribution in [2.45, 2.75) is 25.8 Å². The summed E-state index contributed by atoms with van der Waals surface area (Å²) in [4.78, 5) is 11.0. The monoisotopic (exact) mass is 275 g/mol. The van der Waals surface area contributed by atoms with Gasteiger partial charge in [0.1, 0.15) is 17.5 Å². The van der Waals surface area contributed by atoms with Gasteiger partial charge in [-0.1, -0.05) is 12.1 Å². The molecule has 6 heteroatoms. The Labute approximate surface area is 115 Å². The van der Waals surface area contributed by atoms with Crippen LogP contribution in [0.15, 0.2) is 24.3 Å². The molecule has 0 spiro atoms. The van der Waals surface area contributed by atoms with Crippen molar-refractivity contribution in [2.24, 2.45) is 5.92 Å². The minimum Gasteiger partial charge on any atom is -0.481 e. The third-order valence-corrected chi connectivity index (χ3v) is 3.66. The SMILES string of the molecule is O=C(O)C1CCn2c(Cc3ccc(F)cc3)nnc2C1. The topological polar surface area (TPSA) is 68.0 Å². The van der Waals surface area contributed by atoms with Gasteiger partial charge in [-0.3, -0.25) is 4.79 Å². The summed E-state index contributed by atoms with van der Waals surface area (Å²) in [5.74, 6) is 0.113. The molecular formula is C14H14FN3O2. The molecule has 1 aromatic heterocycles. The number of rotatable bonds is 3. The largest absolute Gasteiger partial charge is 0.481 e.